The molecule has 0 radical (unpaired) electrons. The Morgan fingerprint density at radius 3 is 2.30 bits per heavy atom. The molecule has 20 heavy (non-hydrogen) atoms. The summed E-state index contributed by atoms with van der Waals surface area (Å²) in [5.74, 6) is 0.246. The molecule has 0 fully saturated rings. The Balaban J connectivity index is 1.88. The van der Waals surface area contributed by atoms with Crippen molar-refractivity contribution in [3.05, 3.63) is 59.2 Å². The Bertz CT molecular complexity index is 716. The summed E-state index contributed by atoms with van der Waals surface area (Å²) < 4.78 is 5.50. The molecule has 0 saturated heterocycles. The van der Waals surface area contributed by atoms with Crippen LogP contribution in [0.1, 0.15) is 26.3 Å². The summed E-state index contributed by atoms with van der Waals surface area (Å²) >= 11 is 0. The van der Waals surface area contributed by atoms with Gasteiger partial charge in [-0.15, -0.1) is 0 Å². The van der Waals surface area contributed by atoms with E-state index in [4.69, 9.17) is 4.74 Å². The molecule has 2 aliphatic heterocycles. The molecule has 0 bridgehead atoms. The van der Waals surface area contributed by atoms with Crippen LogP contribution in [-0.4, -0.2) is 18.4 Å². The topological polar surface area (TPSA) is 46.6 Å². The summed E-state index contributed by atoms with van der Waals surface area (Å²) in [6.45, 7) is 0.593. The normalized spacial score (nSPS) is 16.1. The maximum absolute atomic E-state index is 12.5. The quantitative estimate of drug-likeness (QED) is 0.744. The number of imide groups is 1. The van der Waals surface area contributed by atoms with Gasteiger partial charge >= 0.3 is 0 Å². The number of nitrogens with zero attached hydrogens (tertiary/aromatic N) is 1. The van der Waals surface area contributed by atoms with Crippen molar-refractivity contribution in [2.24, 2.45) is 0 Å². The minimum absolute atomic E-state index is 0.258. The molecule has 0 spiro atoms. The van der Waals surface area contributed by atoms with Gasteiger partial charge in [-0.1, -0.05) is 18.2 Å². The fraction of sp³-hybridized carbons (Fsp3) is 0.125. The van der Waals surface area contributed by atoms with Crippen molar-refractivity contribution in [2.75, 3.05) is 11.5 Å². The minimum atomic E-state index is -0.258. The van der Waals surface area contributed by atoms with Gasteiger partial charge < -0.3 is 4.74 Å². The molecule has 0 N–H and O–H groups in total. The largest absolute Gasteiger partial charge is 0.493 e. The predicted molar refractivity (Wildman–Crippen MR) is 73.2 cm³/mol. The predicted octanol–water partition coefficient (Wildman–Crippen LogP) is 2.42. The standard InChI is InChI=1S/C16H11NO3/c18-15-10-4-1-2-5-11(10)16(19)17(15)13-6-3-7-14-12(13)8-9-20-14/h1-7H,8-9H2. The van der Waals surface area contributed by atoms with E-state index in [1.165, 1.54) is 4.90 Å². The van der Waals surface area contributed by atoms with Crippen LogP contribution in [0.25, 0.3) is 0 Å². The van der Waals surface area contributed by atoms with E-state index in [9.17, 15) is 9.59 Å². The molecule has 4 heteroatoms. The van der Waals surface area contributed by atoms with Crippen LogP contribution < -0.4 is 9.64 Å². The first-order valence-electron chi connectivity index (χ1n) is 6.50. The van der Waals surface area contributed by atoms with E-state index in [0.29, 0.717) is 23.4 Å². The highest BCUT2D eigenvalue weighted by Gasteiger charge is 2.38. The van der Waals surface area contributed by atoms with E-state index in [1.54, 1.807) is 30.3 Å². The second-order valence-electron chi connectivity index (χ2n) is 4.84. The van der Waals surface area contributed by atoms with Gasteiger partial charge in [-0.25, -0.2) is 4.90 Å². The van der Waals surface area contributed by atoms with Crippen molar-refractivity contribution >= 4 is 17.5 Å². The Kier molecular flexibility index (Phi) is 2.21. The van der Waals surface area contributed by atoms with Gasteiger partial charge in [-0.2, -0.15) is 0 Å². The van der Waals surface area contributed by atoms with E-state index in [-0.39, 0.29) is 11.8 Å². The lowest BCUT2D eigenvalue weighted by Crippen LogP contribution is -2.30. The van der Waals surface area contributed by atoms with E-state index < -0.39 is 0 Å². The van der Waals surface area contributed by atoms with Gasteiger partial charge in [0.05, 0.1) is 23.4 Å². The number of benzene rings is 2. The third-order valence-corrected chi connectivity index (χ3v) is 3.75. The fourth-order valence-electron chi connectivity index (χ4n) is 2.82. The monoisotopic (exact) mass is 265 g/mol. The van der Waals surface area contributed by atoms with Gasteiger partial charge in [0.2, 0.25) is 0 Å². The summed E-state index contributed by atoms with van der Waals surface area (Å²) in [5.41, 5.74) is 2.51. The average molecular weight is 265 g/mol. The van der Waals surface area contributed by atoms with E-state index >= 15 is 0 Å². The Morgan fingerprint density at radius 2 is 1.60 bits per heavy atom. The Labute approximate surface area is 115 Å². The third kappa shape index (κ3) is 1.36. The number of fused-ring (bicyclic) bond motifs is 2. The van der Waals surface area contributed by atoms with Crippen molar-refractivity contribution in [1.29, 1.82) is 0 Å². The molecule has 2 amide bonds. The lowest BCUT2D eigenvalue weighted by molar-refractivity contribution is 0.0926. The summed E-state index contributed by atoms with van der Waals surface area (Å²) in [5, 5.41) is 0. The molecule has 0 atom stereocenters. The van der Waals surface area contributed by atoms with Crippen LogP contribution in [0, 0.1) is 0 Å². The van der Waals surface area contributed by atoms with E-state index in [0.717, 1.165) is 17.7 Å². The molecule has 0 aromatic heterocycles. The summed E-state index contributed by atoms with van der Waals surface area (Å²) in [6, 6.07) is 12.4. The zero-order valence-corrected chi connectivity index (χ0v) is 10.6. The lowest BCUT2D eigenvalue weighted by atomic mass is 10.1. The zero-order valence-electron chi connectivity index (χ0n) is 10.6. The molecule has 2 aromatic carbocycles. The number of carbonyl (C=O) groups is 2. The molecular formula is C16H11NO3. The molecule has 0 aliphatic carbocycles. The number of rotatable bonds is 1. The molecule has 4 rings (SSSR count). The van der Waals surface area contributed by atoms with E-state index in [1.807, 2.05) is 12.1 Å². The molecule has 4 nitrogen and oxygen atoms in total. The smallest absolute Gasteiger partial charge is 0.266 e. The second-order valence-corrected chi connectivity index (χ2v) is 4.84. The summed E-state index contributed by atoms with van der Waals surface area (Å²) in [6.07, 6.45) is 0.721. The highest BCUT2D eigenvalue weighted by atomic mass is 16.5. The maximum atomic E-state index is 12.5. The number of ether oxygens (including phenoxy) is 1. The molecule has 98 valence electrons. The number of amides is 2. The summed E-state index contributed by atoms with van der Waals surface area (Å²) in [7, 11) is 0. The van der Waals surface area contributed by atoms with Gasteiger partial charge in [0.25, 0.3) is 11.8 Å². The van der Waals surface area contributed by atoms with Crippen molar-refractivity contribution in [3.8, 4) is 5.75 Å². The van der Waals surface area contributed by atoms with E-state index in [2.05, 4.69) is 0 Å². The van der Waals surface area contributed by atoms with Gasteiger partial charge in [-0.05, 0) is 24.3 Å². The van der Waals surface area contributed by atoms with Crippen LogP contribution in [0.15, 0.2) is 42.5 Å². The first-order chi connectivity index (χ1) is 9.77. The van der Waals surface area contributed by atoms with Crippen LogP contribution in [-0.2, 0) is 6.42 Å². The molecular weight excluding hydrogens is 254 g/mol. The minimum Gasteiger partial charge on any atom is -0.493 e. The third-order valence-electron chi connectivity index (χ3n) is 3.75. The van der Waals surface area contributed by atoms with Crippen molar-refractivity contribution in [3.63, 3.8) is 0 Å². The first kappa shape index (κ1) is 11.2. The van der Waals surface area contributed by atoms with Crippen molar-refractivity contribution < 1.29 is 14.3 Å². The van der Waals surface area contributed by atoms with Crippen LogP contribution in [0.4, 0.5) is 5.69 Å². The number of hydrogen-bond donors (Lipinski definition) is 0. The second kappa shape index (κ2) is 3.93. The van der Waals surface area contributed by atoms with Crippen molar-refractivity contribution in [2.45, 2.75) is 6.42 Å². The molecule has 2 aromatic rings. The van der Waals surface area contributed by atoms with Gasteiger partial charge in [-0.3, -0.25) is 9.59 Å². The number of carbonyl (C=O) groups excluding carboxylic acids is 2. The molecule has 0 saturated carbocycles. The van der Waals surface area contributed by atoms with Crippen LogP contribution >= 0.6 is 0 Å². The Hall–Kier alpha value is -2.62. The summed E-state index contributed by atoms with van der Waals surface area (Å²) in [4.78, 5) is 26.2. The highest BCUT2D eigenvalue weighted by molar-refractivity contribution is 6.34. The number of anilines is 1. The lowest BCUT2D eigenvalue weighted by Gasteiger charge is -2.16. The Morgan fingerprint density at radius 1 is 0.900 bits per heavy atom. The highest BCUT2D eigenvalue weighted by Crippen LogP contribution is 2.37. The maximum Gasteiger partial charge on any atom is 0.266 e. The van der Waals surface area contributed by atoms with Crippen LogP contribution in [0.3, 0.4) is 0 Å². The molecule has 2 heterocycles. The fourth-order valence-corrected chi connectivity index (χ4v) is 2.82. The SMILES string of the molecule is O=C1c2ccccc2C(=O)N1c1cccc2c1CCO2. The van der Waals surface area contributed by atoms with Gasteiger partial charge in [0.15, 0.2) is 0 Å². The van der Waals surface area contributed by atoms with Crippen molar-refractivity contribution in [1.82, 2.24) is 0 Å². The van der Waals surface area contributed by atoms with Gasteiger partial charge in [0.1, 0.15) is 5.75 Å². The molecule has 0 unspecified atom stereocenters. The number of hydrogen-bond acceptors (Lipinski definition) is 3. The first-order valence-corrected chi connectivity index (χ1v) is 6.50. The average Bonchev–Trinajstić information content (AvgIpc) is 3.04. The van der Waals surface area contributed by atoms with Gasteiger partial charge in [0, 0.05) is 12.0 Å². The zero-order chi connectivity index (χ0) is 13.7. The van der Waals surface area contributed by atoms with Crippen LogP contribution in [0.5, 0.6) is 5.75 Å². The van der Waals surface area contributed by atoms with Crippen LogP contribution in [0.2, 0.25) is 0 Å². The molecule has 2 aliphatic rings.